The van der Waals surface area contributed by atoms with Crippen molar-refractivity contribution in [1.29, 1.82) is 0 Å². The van der Waals surface area contributed by atoms with Gasteiger partial charge in [-0.05, 0) is 19.1 Å². The largest absolute Gasteiger partial charge is 0.477 e. The summed E-state index contributed by atoms with van der Waals surface area (Å²) in [6.07, 6.45) is 0. The van der Waals surface area contributed by atoms with Crippen LogP contribution in [-0.2, 0) is 4.79 Å². The molecule has 2 unspecified atom stereocenters. The lowest BCUT2D eigenvalue weighted by molar-refractivity contribution is -0.148. The van der Waals surface area contributed by atoms with Crippen molar-refractivity contribution in [3.8, 4) is 5.75 Å². The monoisotopic (exact) mass is 248 g/mol. The van der Waals surface area contributed by atoms with Gasteiger partial charge in [-0.3, -0.25) is 0 Å². The maximum atomic E-state index is 10.9. The van der Waals surface area contributed by atoms with Crippen LogP contribution in [0.2, 0.25) is 0 Å². The highest BCUT2D eigenvalue weighted by Crippen LogP contribution is 2.28. The minimum atomic E-state index is -1.94. The number of carboxylic acids is 1. The predicted octanol–water partition coefficient (Wildman–Crippen LogP) is 2.71. The number of rotatable bonds is 4. The molecule has 1 aromatic rings. The second-order valence-electron chi connectivity index (χ2n) is 2.98. The molecule has 1 aromatic carbocycles. The van der Waals surface area contributed by atoms with Crippen molar-refractivity contribution >= 4 is 29.2 Å². The molecule has 1 rings (SSSR count). The van der Waals surface area contributed by atoms with Gasteiger partial charge in [-0.25, -0.2) is 4.79 Å². The number of carbonyl (C=O) groups is 1. The Hall–Kier alpha value is -0.930. The summed E-state index contributed by atoms with van der Waals surface area (Å²) in [5.74, 6) is -0.946. The van der Waals surface area contributed by atoms with Gasteiger partial charge < -0.3 is 9.84 Å². The van der Waals surface area contributed by atoms with E-state index in [4.69, 9.17) is 33.0 Å². The van der Waals surface area contributed by atoms with Crippen LogP contribution in [0.3, 0.4) is 0 Å². The summed E-state index contributed by atoms with van der Waals surface area (Å²) in [5.41, 5.74) is 0. The second kappa shape index (κ2) is 4.73. The van der Waals surface area contributed by atoms with Gasteiger partial charge in [0.25, 0.3) is 5.06 Å². The highest BCUT2D eigenvalue weighted by molar-refractivity contribution is 6.39. The van der Waals surface area contributed by atoms with Gasteiger partial charge in [0.2, 0.25) is 0 Å². The van der Waals surface area contributed by atoms with Gasteiger partial charge in [0.1, 0.15) is 5.75 Å². The minimum Gasteiger partial charge on any atom is -0.477 e. The van der Waals surface area contributed by atoms with Crippen molar-refractivity contribution in [2.75, 3.05) is 0 Å². The van der Waals surface area contributed by atoms with Gasteiger partial charge in [-0.1, -0.05) is 29.8 Å². The van der Waals surface area contributed by atoms with Crippen LogP contribution in [-0.4, -0.2) is 21.5 Å². The average molecular weight is 249 g/mol. The molecule has 0 aliphatic rings. The normalized spacial score (nSPS) is 16.5. The zero-order valence-electron chi connectivity index (χ0n) is 7.98. The predicted molar refractivity (Wildman–Crippen MR) is 58.6 cm³/mol. The summed E-state index contributed by atoms with van der Waals surface area (Å²) in [6.45, 7) is 1.46. The molecule has 2 atom stereocenters. The maximum Gasteiger partial charge on any atom is 0.365 e. The third-order valence-corrected chi connectivity index (χ3v) is 2.80. The first-order valence-corrected chi connectivity index (χ1v) is 5.08. The third-order valence-electron chi connectivity index (χ3n) is 1.81. The van der Waals surface area contributed by atoms with Crippen molar-refractivity contribution in [2.24, 2.45) is 0 Å². The molecule has 0 bridgehead atoms. The molecular weight excluding hydrogens is 239 g/mol. The van der Waals surface area contributed by atoms with Crippen LogP contribution in [0.15, 0.2) is 30.3 Å². The fourth-order valence-corrected chi connectivity index (χ4v) is 1.18. The molecule has 0 amide bonds. The quantitative estimate of drug-likeness (QED) is 0.834. The first-order chi connectivity index (χ1) is 6.97. The summed E-state index contributed by atoms with van der Waals surface area (Å²) in [6, 6.07) is 8.44. The Balaban J connectivity index is 2.90. The zero-order chi connectivity index (χ0) is 11.5. The molecule has 15 heavy (non-hydrogen) atoms. The fraction of sp³-hybridized carbons (Fsp3) is 0.300. The standard InChI is InChI=1S/C10H10Cl2O3/c1-7(11)10(12,9(13)14)15-8-5-3-2-4-6-8/h2-7H,1H3,(H,13,14). The maximum absolute atomic E-state index is 10.9. The van der Waals surface area contributed by atoms with Gasteiger partial charge in [0, 0.05) is 0 Å². The summed E-state index contributed by atoms with van der Waals surface area (Å²) >= 11 is 11.5. The molecule has 82 valence electrons. The number of carboxylic acid groups (broad SMARTS) is 1. The van der Waals surface area contributed by atoms with E-state index in [1.165, 1.54) is 6.92 Å². The number of aliphatic carboxylic acids is 1. The number of alkyl halides is 2. The van der Waals surface area contributed by atoms with Gasteiger partial charge in [0.15, 0.2) is 0 Å². The lowest BCUT2D eigenvalue weighted by atomic mass is 10.2. The Bertz CT molecular complexity index is 340. The molecule has 0 fully saturated rings. The number of para-hydroxylation sites is 1. The van der Waals surface area contributed by atoms with Crippen LogP contribution >= 0.6 is 23.2 Å². The van der Waals surface area contributed by atoms with Crippen LogP contribution in [0.5, 0.6) is 5.75 Å². The number of halogens is 2. The van der Waals surface area contributed by atoms with Gasteiger partial charge in [0.05, 0.1) is 5.38 Å². The Morgan fingerprint density at radius 2 is 2.00 bits per heavy atom. The van der Waals surface area contributed by atoms with E-state index in [2.05, 4.69) is 0 Å². The summed E-state index contributed by atoms with van der Waals surface area (Å²) in [5, 5.41) is 6.12. The van der Waals surface area contributed by atoms with Gasteiger partial charge in [-0.2, -0.15) is 0 Å². The Kier molecular flexibility index (Phi) is 3.83. The highest BCUT2D eigenvalue weighted by Gasteiger charge is 2.44. The number of hydrogen-bond acceptors (Lipinski definition) is 2. The smallest absolute Gasteiger partial charge is 0.365 e. The SMILES string of the molecule is CC(Cl)C(Cl)(Oc1ccccc1)C(=O)O. The summed E-state index contributed by atoms with van der Waals surface area (Å²) < 4.78 is 5.16. The van der Waals surface area contributed by atoms with E-state index in [1.54, 1.807) is 30.3 Å². The third kappa shape index (κ3) is 2.76. The molecule has 0 heterocycles. The minimum absolute atomic E-state index is 0.363. The van der Waals surface area contributed by atoms with E-state index in [1.807, 2.05) is 0 Å². The van der Waals surface area contributed by atoms with E-state index in [9.17, 15) is 4.79 Å². The van der Waals surface area contributed by atoms with E-state index in [-0.39, 0.29) is 0 Å². The molecule has 0 aliphatic heterocycles. The first-order valence-electron chi connectivity index (χ1n) is 4.27. The van der Waals surface area contributed by atoms with Crippen molar-refractivity contribution in [3.05, 3.63) is 30.3 Å². The lowest BCUT2D eigenvalue weighted by Crippen LogP contribution is -2.45. The van der Waals surface area contributed by atoms with Crippen molar-refractivity contribution in [3.63, 3.8) is 0 Å². The molecule has 0 aromatic heterocycles. The van der Waals surface area contributed by atoms with Crippen molar-refractivity contribution in [2.45, 2.75) is 17.4 Å². The molecule has 0 saturated heterocycles. The molecule has 1 N–H and O–H groups in total. The van der Waals surface area contributed by atoms with Crippen LogP contribution in [0.1, 0.15) is 6.92 Å². The number of benzene rings is 1. The molecule has 0 spiro atoms. The van der Waals surface area contributed by atoms with Crippen LogP contribution in [0.4, 0.5) is 0 Å². The molecular formula is C10H10Cl2O3. The van der Waals surface area contributed by atoms with Crippen molar-refractivity contribution < 1.29 is 14.6 Å². The summed E-state index contributed by atoms with van der Waals surface area (Å²) in [7, 11) is 0. The number of ether oxygens (including phenoxy) is 1. The average Bonchev–Trinajstić information content (AvgIpc) is 2.18. The van der Waals surface area contributed by atoms with Crippen LogP contribution in [0, 0.1) is 0 Å². The fourth-order valence-electron chi connectivity index (χ4n) is 0.955. The van der Waals surface area contributed by atoms with Crippen LogP contribution < -0.4 is 4.74 Å². The molecule has 5 heteroatoms. The highest BCUT2D eigenvalue weighted by atomic mass is 35.5. The number of hydrogen-bond donors (Lipinski definition) is 1. The second-order valence-corrected chi connectivity index (χ2v) is 4.20. The lowest BCUT2D eigenvalue weighted by Gasteiger charge is -2.25. The Morgan fingerprint density at radius 3 is 2.40 bits per heavy atom. The topological polar surface area (TPSA) is 46.5 Å². The van der Waals surface area contributed by atoms with E-state index in [0.29, 0.717) is 5.75 Å². The van der Waals surface area contributed by atoms with E-state index < -0.39 is 16.4 Å². The zero-order valence-corrected chi connectivity index (χ0v) is 9.50. The molecule has 0 radical (unpaired) electrons. The molecule has 0 saturated carbocycles. The van der Waals surface area contributed by atoms with Gasteiger partial charge in [-0.15, -0.1) is 11.6 Å². The summed E-state index contributed by atoms with van der Waals surface area (Å²) in [4.78, 5) is 10.9. The molecule has 3 nitrogen and oxygen atoms in total. The van der Waals surface area contributed by atoms with Crippen molar-refractivity contribution in [1.82, 2.24) is 0 Å². The van der Waals surface area contributed by atoms with E-state index >= 15 is 0 Å². The van der Waals surface area contributed by atoms with Gasteiger partial charge >= 0.3 is 5.97 Å². The first kappa shape index (κ1) is 12.1. The van der Waals surface area contributed by atoms with E-state index in [0.717, 1.165) is 0 Å². The Labute approximate surface area is 97.6 Å². The van der Waals surface area contributed by atoms with Crippen LogP contribution in [0.25, 0.3) is 0 Å². The molecule has 0 aliphatic carbocycles. The Morgan fingerprint density at radius 1 is 1.47 bits per heavy atom.